The van der Waals surface area contributed by atoms with Gasteiger partial charge in [-0.25, -0.2) is 0 Å². The predicted octanol–water partition coefficient (Wildman–Crippen LogP) is 2.08. The van der Waals surface area contributed by atoms with Gasteiger partial charge in [-0.2, -0.15) is 10.5 Å². The van der Waals surface area contributed by atoms with Gasteiger partial charge in [-0.15, -0.1) is 0 Å². The molecule has 0 radical (unpaired) electrons. The molecule has 3 nitrogen and oxygen atoms in total. The zero-order chi connectivity index (χ0) is 11.5. The van der Waals surface area contributed by atoms with Crippen LogP contribution < -0.4 is 0 Å². The van der Waals surface area contributed by atoms with Gasteiger partial charge in [0.2, 0.25) is 0 Å². The molecule has 3 heteroatoms. The Bertz CT molecular complexity index is 594. The molecule has 0 bridgehead atoms. The second-order valence-electron chi connectivity index (χ2n) is 3.28. The van der Waals surface area contributed by atoms with E-state index in [0.717, 1.165) is 17.4 Å². The lowest BCUT2D eigenvalue weighted by molar-refractivity contribution is -0.103. The maximum Gasteiger partial charge on any atom is 0.150 e. The average molecular weight is 206 g/mol. The summed E-state index contributed by atoms with van der Waals surface area (Å²) in [5, 5.41) is 17.6. The Morgan fingerprint density at radius 1 is 1.12 bits per heavy atom. The highest BCUT2D eigenvalue weighted by Crippen LogP contribution is 2.35. The molecule has 0 unspecified atom stereocenters. The van der Waals surface area contributed by atoms with Crippen molar-refractivity contribution in [2.24, 2.45) is 0 Å². The molecule has 0 atom stereocenters. The maximum atomic E-state index is 10.9. The number of nitrogens with zero attached hydrogens (tertiary/aromatic N) is 2. The molecule has 1 aromatic rings. The molecule has 74 valence electrons. The summed E-state index contributed by atoms with van der Waals surface area (Å²) in [5.41, 5.74) is 2.61. The molecule has 2 rings (SSSR count). The topological polar surface area (TPSA) is 64.7 Å². The van der Waals surface area contributed by atoms with Crippen LogP contribution in [-0.2, 0) is 4.79 Å². The van der Waals surface area contributed by atoms with Gasteiger partial charge in [0, 0.05) is 11.1 Å². The molecule has 0 N–H and O–H groups in total. The average Bonchev–Trinajstić information content (AvgIpc) is 2.70. The quantitative estimate of drug-likeness (QED) is 0.522. The fourth-order valence-corrected chi connectivity index (χ4v) is 1.73. The number of allylic oxidation sites excluding steroid dienone is 4. The zero-order valence-corrected chi connectivity index (χ0v) is 8.27. The first kappa shape index (κ1) is 9.89. The van der Waals surface area contributed by atoms with Crippen molar-refractivity contribution in [2.75, 3.05) is 0 Å². The Kier molecular flexibility index (Phi) is 2.37. The number of hydrogen-bond acceptors (Lipinski definition) is 3. The van der Waals surface area contributed by atoms with Gasteiger partial charge in [0.15, 0.2) is 6.29 Å². The first-order valence-electron chi connectivity index (χ1n) is 4.63. The third-order valence-electron chi connectivity index (χ3n) is 2.45. The van der Waals surface area contributed by atoms with E-state index < -0.39 is 0 Å². The number of hydrogen-bond donors (Lipinski definition) is 0. The molecule has 0 saturated carbocycles. The number of benzene rings is 1. The van der Waals surface area contributed by atoms with E-state index in [1.807, 2.05) is 24.3 Å². The number of carbonyl (C=O) groups excluding carboxylic acids is 1. The van der Waals surface area contributed by atoms with Gasteiger partial charge in [0.1, 0.15) is 17.7 Å². The van der Waals surface area contributed by atoms with Crippen LogP contribution in [0.1, 0.15) is 11.1 Å². The zero-order valence-electron chi connectivity index (χ0n) is 8.27. The van der Waals surface area contributed by atoms with E-state index in [1.165, 1.54) is 0 Å². The minimum Gasteiger partial charge on any atom is -0.298 e. The highest BCUT2D eigenvalue weighted by atomic mass is 16.1. The van der Waals surface area contributed by atoms with Crippen LogP contribution in [0.4, 0.5) is 0 Å². The van der Waals surface area contributed by atoms with E-state index in [2.05, 4.69) is 0 Å². The van der Waals surface area contributed by atoms with Crippen LogP contribution in [0.2, 0.25) is 0 Å². The van der Waals surface area contributed by atoms with Gasteiger partial charge in [0.25, 0.3) is 0 Å². The van der Waals surface area contributed by atoms with E-state index >= 15 is 0 Å². The number of carbonyl (C=O) groups is 1. The van der Waals surface area contributed by atoms with E-state index in [1.54, 1.807) is 18.2 Å². The number of aldehydes is 1. The second-order valence-corrected chi connectivity index (χ2v) is 3.28. The third kappa shape index (κ3) is 1.32. The molecule has 0 saturated heterocycles. The van der Waals surface area contributed by atoms with Gasteiger partial charge >= 0.3 is 0 Å². The monoisotopic (exact) mass is 206 g/mol. The summed E-state index contributed by atoms with van der Waals surface area (Å²) in [7, 11) is 0. The predicted molar refractivity (Wildman–Crippen MR) is 58.6 cm³/mol. The Morgan fingerprint density at radius 2 is 1.75 bits per heavy atom. The summed E-state index contributed by atoms with van der Waals surface area (Å²) in [6, 6.07) is 10.9. The van der Waals surface area contributed by atoms with Crippen molar-refractivity contribution in [3.8, 4) is 12.1 Å². The maximum absolute atomic E-state index is 10.9. The Morgan fingerprint density at radius 3 is 2.31 bits per heavy atom. The SMILES string of the molecule is N#CC(C#N)=C1C=C(C=O)c2ccccc21. The molecular formula is C13H6N2O. The highest BCUT2D eigenvalue weighted by Gasteiger charge is 2.20. The van der Waals surface area contributed by atoms with Crippen LogP contribution in [-0.4, -0.2) is 6.29 Å². The minimum absolute atomic E-state index is 0.0318. The molecule has 16 heavy (non-hydrogen) atoms. The molecule has 1 aliphatic carbocycles. The van der Waals surface area contributed by atoms with Gasteiger partial charge in [-0.05, 0) is 17.2 Å². The largest absolute Gasteiger partial charge is 0.298 e. The van der Waals surface area contributed by atoms with E-state index in [9.17, 15) is 4.79 Å². The number of nitriles is 2. The van der Waals surface area contributed by atoms with E-state index in [4.69, 9.17) is 10.5 Å². The Labute approximate surface area is 92.5 Å². The van der Waals surface area contributed by atoms with Crippen LogP contribution in [0.5, 0.6) is 0 Å². The minimum atomic E-state index is 0.0318. The van der Waals surface area contributed by atoms with Gasteiger partial charge in [0.05, 0.1) is 0 Å². The smallest absolute Gasteiger partial charge is 0.150 e. The van der Waals surface area contributed by atoms with E-state index in [-0.39, 0.29) is 5.57 Å². The molecule has 0 spiro atoms. The van der Waals surface area contributed by atoms with Crippen molar-refractivity contribution in [3.05, 3.63) is 47.0 Å². The van der Waals surface area contributed by atoms with Crippen molar-refractivity contribution in [1.29, 1.82) is 10.5 Å². The van der Waals surface area contributed by atoms with Crippen molar-refractivity contribution >= 4 is 17.4 Å². The molecule has 0 heterocycles. The van der Waals surface area contributed by atoms with Crippen LogP contribution >= 0.6 is 0 Å². The normalized spacial score (nSPS) is 12.1. The van der Waals surface area contributed by atoms with Crippen LogP contribution in [0.3, 0.4) is 0 Å². The van der Waals surface area contributed by atoms with Crippen molar-refractivity contribution in [2.45, 2.75) is 0 Å². The fraction of sp³-hybridized carbons (Fsp3) is 0. The summed E-state index contributed by atoms with van der Waals surface area (Å²) < 4.78 is 0. The molecule has 0 fully saturated rings. The fourth-order valence-electron chi connectivity index (χ4n) is 1.73. The number of rotatable bonds is 1. The molecule has 0 aliphatic heterocycles. The lowest BCUT2D eigenvalue weighted by Crippen LogP contribution is -1.85. The Hall–Kier alpha value is -2.65. The first-order chi connectivity index (χ1) is 7.81. The summed E-state index contributed by atoms with van der Waals surface area (Å²) in [5.74, 6) is 0. The molecule has 0 amide bonds. The van der Waals surface area contributed by atoms with Gasteiger partial charge in [-0.3, -0.25) is 4.79 Å². The van der Waals surface area contributed by atoms with Gasteiger partial charge < -0.3 is 0 Å². The molecule has 1 aromatic carbocycles. The highest BCUT2D eigenvalue weighted by molar-refractivity contribution is 6.17. The Balaban J connectivity index is 2.77. The summed E-state index contributed by atoms with van der Waals surface area (Å²) in [6.07, 6.45) is 2.32. The molecular weight excluding hydrogens is 200 g/mol. The van der Waals surface area contributed by atoms with Crippen molar-refractivity contribution in [3.63, 3.8) is 0 Å². The van der Waals surface area contributed by atoms with E-state index in [0.29, 0.717) is 11.1 Å². The van der Waals surface area contributed by atoms with Crippen LogP contribution in [0, 0.1) is 22.7 Å². The lowest BCUT2D eigenvalue weighted by Gasteiger charge is -2.00. The van der Waals surface area contributed by atoms with Crippen LogP contribution in [0.15, 0.2) is 35.9 Å². The standard InChI is InChI=1S/C13H6N2O/c14-6-10(7-15)13-5-9(8-16)11-3-1-2-4-12(11)13/h1-5,8H. The molecule has 0 aromatic heterocycles. The van der Waals surface area contributed by atoms with Crippen molar-refractivity contribution < 1.29 is 4.79 Å². The summed E-state index contributed by atoms with van der Waals surface area (Å²) in [4.78, 5) is 10.9. The van der Waals surface area contributed by atoms with Crippen molar-refractivity contribution in [1.82, 2.24) is 0 Å². The molecule has 1 aliphatic rings. The third-order valence-corrected chi connectivity index (χ3v) is 2.45. The van der Waals surface area contributed by atoms with Crippen LogP contribution in [0.25, 0.3) is 11.1 Å². The lowest BCUT2D eigenvalue weighted by atomic mass is 10.0. The number of fused-ring (bicyclic) bond motifs is 1. The summed E-state index contributed by atoms with van der Waals surface area (Å²) >= 11 is 0. The summed E-state index contributed by atoms with van der Waals surface area (Å²) in [6.45, 7) is 0. The first-order valence-corrected chi connectivity index (χ1v) is 4.63. The second kappa shape index (κ2) is 3.84. The van der Waals surface area contributed by atoms with Gasteiger partial charge in [-0.1, -0.05) is 24.3 Å².